The molecule has 0 radical (unpaired) electrons. The molecule has 7 nitrogen and oxygen atoms in total. The maximum Gasteiger partial charge on any atom is 0.240 e. The predicted octanol–water partition coefficient (Wildman–Crippen LogP) is 0.150. The van der Waals surface area contributed by atoms with E-state index >= 15 is 0 Å². The van der Waals surface area contributed by atoms with E-state index in [1.165, 1.54) is 0 Å². The van der Waals surface area contributed by atoms with Crippen LogP contribution in [0, 0.1) is 12.8 Å². The van der Waals surface area contributed by atoms with Crippen LogP contribution >= 0.6 is 0 Å². The minimum atomic E-state index is 0.0372. The van der Waals surface area contributed by atoms with Crippen LogP contribution in [0.5, 0.6) is 0 Å². The smallest absolute Gasteiger partial charge is 0.240 e. The van der Waals surface area contributed by atoms with Gasteiger partial charge < -0.3 is 15.2 Å². The molecule has 0 spiro atoms. The fourth-order valence-corrected chi connectivity index (χ4v) is 3.25. The number of piperazine rings is 1. The number of aromatic nitrogens is 2. The summed E-state index contributed by atoms with van der Waals surface area (Å²) in [6.45, 7) is 5.68. The number of hydrogen-bond acceptors (Lipinski definition) is 6. The predicted molar refractivity (Wildman–Crippen MR) is 76.2 cm³/mol. The number of nitrogens with zero attached hydrogens (tertiary/aromatic N) is 4. The Hall–Kier alpha value is -1.47. The molecular weight excluding hydrogens is 270 g/mol. The Bertz CT molecular complexity index is 495. The van der Waals surface area contributed by atoms with Gasteiger partial charge in [0.05, 0.1) is 12.5 Å². The van der Waals surface area contributed by atoms with Gasteiger partial charge in [-0.1, -0.05) is 11.6 Å². The van der Waals surface area contributed by atoms with Gasteiger partial charge in [-0.2, -0.15) is 4.98 Å². The highest BCUT2D eigenvalue weighted by Crippen LogP contribution is 2.26. The second kappa shape index (κ2) is 6.11. The molecule has 2 N–H and O–H groups in total. The summed E-state index contributed by atoms with van der Waals surface area (Å²) < 4.78 is 5.14. The average molecular weight is 293 g/mol. The van der Waals surface area contributed by atoms with E-state index in [9.17, 15) is 4.79 Å². The average Bonchev–Trinajstić information content (AvgIpc) is 3.08. The first-order valence-corrected chi connectivity index (χ1v) is 7.69. The summed E-state index contributed by atoms with van der Waals surface area (Å²) in [6, 6.07) is 0.0527. The number of amides is 1. The number of nitrogens with two attached hydrogens (primary N) is 1. The second-order valence-electron chi connectivity index (χ2n) is 6.04. The highest BCUT2D eigenvalue weighted by atomic mass is 16.5. The molecule has 2 aliphatic rings. The van der Waals surface area contributed by atoms with Crippen LogP contribution in [0.25, 0.3) is 0 Å². The number of hydrogen-bond donors (Lipinski definition) is 1. The Labute approximate surface area is 124 Å². The molecule has 1 amide bonds. The van der Waals surface area contributed by atoms with E-state index in [1.54, 1.807) is 0 Å². The second-order valence-corrected chi connectivity index (χ2v) is 6.04. The van der Waals surface area contributed by atoms with Gasteiger partial charge in [-0.25, -0.2) is 0 Å². The van der Waals surface area contributed by atoms with Crippen molar-refractivity contribution in [3.63, 3.8) is 0 Å². The Morgan fingerprint density at radius 3 is 2.67 bits per heavy atom. The van der Waals surface area contributed by atoms with Crippen LogP contribution in [0.15, 0.2) is 4.52 Å². The Morgan fingerprint density at radius 1 is 1.33 bits per heavy atom. The first kappa shape index (κ1) is 14.5. The lowest BCUT2D eigenvalue weighted by Gasteiger charge is -2.35. The molecule has 2 fully saturated rings. The van der Waals surface area contributed by atoms with Gasteiger partial charge in [0, 0.05) is 32.2 Å². The monoisotopic (exact) mass is 293 g/mol. The van der Waals surface area contributed by atoms with E-state index in [-0.39, 0.29) is 17.9 Å². The fraction of sp³-hybridized carbons (Fsp3) is 0.786. The van der Waals surface area contributed by atoms with Gasteiger partial charge in [0.25, 0.3) is 0 Å². The van der Waals surface area contributed by atoms with Gasteiger partial charge >= 0.3 is 0 Å². The van der Waals surface area contributed by atoms with Gasteiger partial charge in [-0.15, -0.1) is 0 Å². The third-order valence-electron chi connectivity index (χ3n) is 4.50. The molecule has 1 aromatic heterocycles. The van der Waals surface area contributed by atoms with Crippen molar-refractivity contribution in [1.82, 2.24) is 19.9 Å². The lowest BCUT2D eigenvalue weighted by atomic mass is 10.0. The normalized spacial score (nSPS) is 27.2. The Balaban J connectivity index is 1.49. The summed E-state index contributed by atoms with van der Waals surface area (Å²) in [6.07, 6.45) is 3.00. The van der Waals surface area contributed by atoms with E-state index in [0.29, 0.717) is 18.3 Å². The third kappa shape index (κ3) is 3.24. The van der Waals surface area contributed by atoms with Crippen LogP contribution in [-0.4, -0.2) is 58.1 Å². The molecule has 21 heavy (non-hydrogen) atoms. The summed E-state index contributed by atoms with van der Waals surface area (Å²) in [5.41, 5.74) is 6.03. The summed E-state index contributed by atoms with van der Waals surface area (Å²) in [5.74, 6) is 1.59. The van der Waals surface area contributed by atoms with Crippen LogP contribution in [0.4, 0.5) is 0 Å². The number of rotatable bonds is 3. The lowest BCUT2D eigenvalue weighted by Crippen LogP contribution is -2.51. The van der Waals surface area contributed by atoms with E-state index in [4.69, 9.17) is 10.3 Å². The highest BCUT2D eigenvalue weighted by molar-refractivity contribution is 5.80. The van der Waals surface area contributed by atoms with Crippen molar-refractivity contribution in [3.8, 4) is 0 Å². The summed E-state index contributed by atoms with van der Waals surface area (Å²) in [7, 11) is 0. The van der Waals surface area contributed by atoms with Crippen molar-refractivity contribution in [3.05, 3.63) is 11.7 Å². The van der Waals surface area contributed by atoms with Gasteiger partial charge in [0.1, 0.15) is 0 Å². The van der Waals surface area contributed by atoms with Gasteiger partial charge in [0.2, 0.25) is 11.8 Å². The first-order valence-electron chi connectivity index (χ1n) is 7.69. The lowest BCUT2D eigenvalue weighted by molar-refractivity contribution is -0.137. The molecule has 116 valence electrons. The van der Waals surface area contributed by atoms with E-state index < -0.39 is 0 Å². The first-order chi connectivity index (χ1) is 10.1. The largest absolute Gasteiger partial charge is 0.340 e. The number of aryl methyl sites for hydroxylation is 1. The zero-order chi connectivity index (χ0) is 14.8. The van der Waals surface area contributed by atoms with Crippen LogP contribution in [-0.2, 0) is 11.3 Å². The molecule has 0 aromatic carbocycles. The van der Waals surface area contributed by atoms with Crippen molar-refractivity contribution in [2.24, 2.45) is 11.7 Å². The molecule has 1 saturated heterocycles. The van der Waals surface area contributed by atoms with Crippen molar-refractivity contribution >= 4 is 5.91 Å². The molecule has 0 unspecified atom stereocenters. The van der Waals surface area contributed by atoms with Crippen molar-refractivity contribution in [2.75, 3.05) is 26.2 Å². The molecule has 1 aliphatic carbocycles. The van der Waals surface area contributed by atoms with Crippen LogP contribution in [0.3, 0.4) is 0 Å². The molecule has 1 aliphatic heterocycles. The van der Waals surface area contributed by atoms with Gasteiger partial charge in [0.15, 0.2) is 5.82 Å². The number of carbonyl (C=O) groups is 1. The summed E-state index contributed by atoms with van der Waals surface area (Å²) >= 11 is 0. The zero-order valence-electron chi connectivity index (χ0n) is 12.5. The van der Waals surface area contributed by atoms with E-state index in [0.717, 1.165) is 45.4 Å². The van der Waals surface area contributed by atoms with Gasteiger partial charge in [-0.05, 0) is 19.8 Å². The van der Waals surface area contributed by atoms with Crippen LogP contribution in [0.2, 0.25) is 0 Å². The Kier molecular flexibility index (Phi) is 4.21. The van der Waals surface area contributed by atoms with Crippen molar-refractivity contribution < 1.29 is 9.32 Å². The summed E-state index contributed by atoms with van der Waals surface area (Å²) in [4.78, 5) is 20.9. The molecule has 2 heterocycles. The van der Waals surface area contributed by atoms with Crippen LogP contribution in [0.1, 0.15) is 31.0 Å². The highest BCUT2D eigenvalue weighted by Gasteiger charge is 2.34. The quantitative estimate of drug-likeness (QED) is 0.853. The standard InChI is InChI=1S/C14H23N5O2/c1-10-16-13(21-17-10)9-18-5-7-19(8-6-18)14(20)11-3-2-4-12(11)15/h11-12H,2-9,15H2,1H3/t11-,12-/m1/s1. The maximum absolute atomic E-state index is 12.5. The molecular formula is C14H23N5O2. The molecule has 7 heteroatoms. The van der Waals surface area contributed by atoms with E-state index in [2.05, 4.69) is 15.0 Å². The molecule has 1 aromatic rings. The minimum Gasteiger partial charge on any atom is -0.340 e. The Morgan fingerprint density at radius 2 is 2.10 bits per heavy atom. The topological polar surface area (TPSA) is 88.5 Å². The number of carbonyl (C=O) groups excluding carboxylic acids is 1. The molecule has 2 atom stereocenters. The van der Waals surface area contributed by atoms with Crippen LogP contribution < -0.4 is 5.73 Å². The fourth-order valence-electron chi connectivity index (χ4n) is 3.25. The SMILES string of the molecule is Cc1noc(CN2CCN(C(=O)[C@@H]3CCC[C@H]3N)CC2)n1. The maximum atomic E-state index is 12.5. The molecule has 0 bridgehead atoms. The van der Waals surface area contributed by atoms with Gasteiger partial charge in [-0.3, -0.25) is 9.69 Å². The third-order valence-corrected chi connectivity index (χ3v) is 4.50. The zero-order valence-corrected chi connectivity index (χ0v) is 12.5. The van der Waals surface area contributed by atoms with Crippen molar-refractivity contribution in [2.45, 2.75) is 38.8 Å². The minimum absolute atomic E-state index is 0.0372. The van der Waals surface area contributed by atoms with E-state index in [1.807, 2.05) is 11.8 Å². The summed E-state index contributed by atoms with van der Waals surface area (Å²) in [5, 5.41) is 3.79. The van der Waals surface area contributed by atoms with Crippen molar-refractivity contribution in [1.29, 1.82) is 0 Å². The molecule has 1 saturated carbocycles. The molecule has 3 rings (SSSR count).